The molecule has 1 aliphatic heterocycles. The van der Waals surface area contributed by atoms with Crippen LogP contribution in [0.15, 0.2) is 18.2 Å². The van der Waals surface area contributed by atoms with Crippen LogP contribution in [0, 0.1) is 23.5 Å². The van der Waals surface area contributed by atoms with Crippen molar-refractivity contribution in [1.29, 1.82) is 0 Å². The number of nitrogens with zero attached hydrogens (tertiary/aromatic N) is 2. The van der Waals surface area contributed by atoms with Gasteiger partial charge in [-0.15, -0.1) is 0 Å². The first-order valence-corrected chi connectivity index (χ1v) is 9.19. The lowest BCUT2D eigenvalue weighted by Gasteiger charge is -2.41. The molecule has 24 heavy (non-hydrogen) atoms. The number of β-amino-alcohol motifs (C(OH)–C–C–N with tert-alkyl or cyclic N) is 1. The van der Waals surface area contributed by atoms with Crippen LogP contribution in [0.2, 0.25) is 0 Å². The molecule has 0 amide bonds. The van der Waals surface area contributed by atoms with Crippen LogP contribution in [-0.2, 0) is 0 Å². The van der Waals surface area contributed by atoms with E-state index in [-0.39, 0.29) is 0 Å². The molecule has 0 aromatic heterocycles. The van der Waals surface area contributed by atoms with E-state index in [1.807, 2.05) is 0 Å². The summed E-state index contributed by atoms with van der Waals surface area (Å²) < 4.78 is 26.3. The Kier molecular flexibility index (Phi) is 4.58. The molecule has 1 heterocycles. The van der Waals surface area contributed by atoms with Gasteiger partial charge in [-0.1, -0.05) is 12.5 Å². The number of halogens is 2. The maximum absolute atomic E-state index is 13.3. The van der Waals surface area contributed by atoms with Crippen LogP contribution in [0.25, 0.3) is 0 Å². The van der Waals surface area contributed by atoms with Crippen molar-refractivity contribution in [1.82, 2.24) is 9.80 Å². The Morgan fingerprint density at radius 1 is 1.04 bits per heavy atom. The fourth-order valence-electron chi connectivity index (χ4n) is 5.01. The predicted molar refractivity (Wildman–Crippen MR) is 88.6 cm³/mol. The molecule has 1 aromatic rings. The summed E-state index contributed by atoms with van der Waals surface area (Å²) >= 11 is 0. The van der Waals surface area contributed by atoms with E-state index in [0.717, 1.165) is 56.2 Å². The molecular formula is C19H26F2N2O. The highest BCUT2D eigenvalue weighted by Crippen LogP contribution is 2.46. The molecule has 3 fully saturated rings. The van der Waals surface area contributed by atoms with E-state index in [0.29, 0.717) is 12.1 Å². The van der Waals surface area contributed by atoms with Crippen molar-refractivity contribution in [3.05, 3.63) is 35.4 Å². The van der Waals surface area contributed by atoms with Crippen molar-refractivity contribution in [3.8, 4) is 0 Å². The summed E-state index contributed by atoms with van der Waals surface area (Å²) in [6.45, 7) is 4.47. The minimum Gasteiger partial charge on any atom is -0.387 e. The van der Waals surface area contributed by atoms with Crippen LogP contribution in [0.5, 0.6) is 0 Å². The average Bonchev–Trinajstić information content (AvgIpc) is 3.21. The summed E-state index contributed by atoms with van der Waals surface area (Å²) in [6, 6.07) is 4.43. The molecule has 4 unspecified atom stereocenters. The third kappa shape index (κ3) is 3.22. The third-order valence-corrected chi connectivity index (χ3v) is 6.34. The number of piperazine rings is 1. The number of hydrogen-bond donors (Lipinski definition) is 1. The Morgan fingerprint density at radius 2 is 1.83 bits per heavy atom. The summed E-state index contributed by atoms with van der Waals surface area (Å²) in [4.78, 5) is 4.87. The second-order valence-corrected chi connectivity index (χ2v) is 7.77. The van der Waals surface area contributed by atoms with Crippen LogP contribution in [0.1, 0.15) is 37.4 Å². The van der Waals surface area contributed by atoms with E-state index in [9.17, 15) is 13.9 Å². The Hall–Kier alpha value is -1.04. The first-order valence-electron chi connectivity index (χ1n) is 9.19. The van der Waals surface area contributed by atoms with Crippen molar-refractivity contribution in [3.63, 3.8) is 0 Å². The van der Waals surface area contributed by atoms with Gasteiger partial charge >= 0.3 is 0 Å². The molecule has 4 rings (SSSR count). The lowest BCUT2D eigenvalue weighted by Crippen LogP contribution is -2.52. The summed E-state index contributed by atoms with van der Waals surface area (Å²) in [7, 11) is 0. The molecule has 2 saturated carbocycles. The first kappa shape index (κ1) is 16.4. The molecule has 0 spiro atoms. The fraction of sp³-hybridized carbons (Fsp3) is 0.684. The second-order valence-electron chi connectivity index (χ2n) is 7.77. The molecule has 0 radical (unpaired) electrons. The van der Waals surface area contributed by atoms with Gasteiger partial charge in [0.1, 0.15) is 0 Å². The van der Waals surface area contributed by atoms with Crippen LogP contribution in [-0.4, -0.2) is 53.7 Å². The SMILES string of the molecule is OC(CN1CCN(C2CC3CCC2C3)CC1)c1ccc(F)c(F)c1. The molecule has 3 aliphatic rings. The molecule has 3 nitrogen and oxygen atoms in total. The monoisotopic (exact) mass is 336 g/mol. The van der Waals surface area contributed by atoms with Gasteiger partial charge in [-0.05, 0) is 48.8 Å². The van der Waals surface area contributed by atoms with E-state index in [4.69, 9.17) is 0 Å². The van der Waals surface area contributed by atoms with Crippen LogP contribution < -0.4 is 0 Å². The third-order valence-electron chi connectivity index (χ3n) is 6.34. The number of benzene rings is 1. The number of rotatable bonds is 4. The van der Waals surface area contributed by atoms with Crippen LogP contribution in [0.3, 0.4) is 0 Å². The molecule has 4 atom stereocenters. The Balaban J connectivity index is 1.29. The van der Waals surface area contributed by atoms with Crippen LogP contribution in [0.4, 0.5) is 8.78 Å². The number of aliphatic hydroxyl groups excluding tert-OH is 1. The van der Waals surface area contributed by atoms with Crippen LogP contribution >= 0.6 is 0 Å². The highest BCUT2D eigenvalue weighted by atomic mass is 19.2. The number of fused-ring (bicyclic) bond motifs is 2. The minimum atomic E-state index is -0.896. The van der Waals surface area contributed by atoms with E-state index < -0.39 is 17.7 Å². The number of hydrogen-bond acceptors (Lipinski definition) is 3. The van der Waals surface area contributed by atoms with E-state index in [1.165, 1.54) is 31.7 Å². The van der Waals surface area contributed by atoms with E-state index in [2.05, 4.69) is 9.80 Å². The van der Waals surface area contributed by atoms with Crippen molar-refractivity contribution in [2.45, 2.75) is 37.8 Å². The van der Waals surface area contributed by atoms with Crippen molar-refractivity contribution >= 4 is 0 Å². The predicted octanol–water partition coefficient (Wildman–Crippen LogP) is 2.80. The van der Waals surface area contributed by atoms with E-state index in [1.54, 1.807) is 0 Å². The Morgan fingerprint density at radius 3 is 2.46 bits per heavy atom. The molecular weight excluding hydrogens is 310 g/mol. The van der Waals surface area contributed by atoms with Gasteiger partial charge in [0.05, 0.1) is 6.10 Å². The minimum absolute atomic E-state index is 0.449. The zero-order valence-corrected chi connectivity index (χ0v) is 14.0. The topological polar surface area (TPSA) is 26.7 Å². The van der Waals surface area contributed by atoms with Gasteiger partial charge in [-0.25, -0.2) is 8.78 Å². The molecule has 2 aliphatic carbocycles. The molecule has 5 heteroatoms. The lowest BCUT2D eigenvalue weighted by atomic mass is 9.93. The summed E-state index contributed by atoms with van der Waals surface area (Å²) in [5.74, 6) is 0.112. The molecule has 132 valence electrons. The molecule has 1 N–H and O–H groups in total. The Bertz CT molecular complexity index is 589. The first-order chi connectivity index (χ1) is 11.6. The van der Waals surface area contributed by atoms with Gasteiger partial charge < -0.3 is 5.11 Å². The Labute approximate surface area is 142 Å². The van der Waals surface area contributed by atoms with Gasteiger partial charge in [0.25, 0.3) is 0 Å². The second kappa shape index (κ2) is 6.70. The summed E-state index contributed by atoms with van der Waals surface area (Å²) in [6.07, 6.45) is 4.88. The maximum Gasteiger partial charge on any atom is 0.159 e. The van der Waals surface area contributed by atoms with Gasteiger partial charge in [-0.3, -0.25) is 9.80 Å². The summed E-state index contributed by atoms with van der Waals surface area (Å²) in [5, 5.41) is 10.3. The zero-order chi connectivity index (χ0) is 16.7. The van der Waals surface area contributed by atoms with Crippen molar-refractivity contribution in [2.24, 2.45) is 11.8 Å². The van der Waals surface area contributed by atoms with Gasteiger partial charge in [0.2, 0.25) is 0 Å². The van der Waals surface area contributed by atoms with Gasteiger partial charge in [0.15, 0.2) is 11.6 Å². The molecule has 1 aromatic carbocycles. The van der Waals surface area contributed by atoms with Gasteiger partial charge in [0, 0.05) is 38.8 Å². The highest BCUT2D eigenvalue weighted by Gasteiger charge is 2.42. The smallest absolute Gasteiger partial charge is 0.159 e. The standard InChI is InChI=1S/C19H26F2N2O/c20-16-4-3-15(11-17(16)21)19(24)12-22-5-7-23(8-6-22)18-10-13-1-2-14(18)9-13/h3-4,11,13-14,18-19,24H,1-2,5-10,12H2. The summed E-state index contributed by atoms with van der Waals surface area (Å²) in [5.41, 5.74) is 0.449. The largest absolute Gasteiger partial charge is 0.387 e. The van der Waals surface area contributed by atoms with Gasteiger partial charge in [-0.2, -0.15) is 0 Å². The zero-order valence-electron chi connectivity index (χ0n) is 14.0. The van der Waals surface area contributed by atoms with Crippen molar-refractivity contribution < 1.29 is 13.9 Å². The lowest BCUT2D eigenvalue weighted by molar-refractivity contribution is 0.0428. The average molecular weight is 336 g/mol. The normalized spacial score (nSPS) is 32.4. The maximum atomic E-state index is 13.3. The molecule has 1 saturated heterocycles. The quantitative estimate of drug-likeness (QED) is 0.916. The fourth-order valence-corrected chi connectivity index (χ4v) is 5.01. The van der Waals surface area contributed by atoms with Crippen molar-refractivity contribution in [2.75, 3.05) is 32.7 Å². The number of aliphatic hydroxyl groups is 1. The van der Waals surface area contributed by atoms with E-state index >= 15 is 0 Å². The molecule has 2 bridgehead atoms. The highest BCUT2D eigenvalue weighted by molar-refractivity contribution is 5.20.